The summed E-state index contributed by atoms with van der Waals surface area (Å²) in [6.45, 7) is 0. The minimum Gasteiger partial charge on any atom is -0.322 e. The van der Waals surface area contributed by atoms with Crippen LogP contribution in [0.3, 0.4) is 0 Å². The highest BCUT2D eigenvalue weighted by Crippen LogP contribution is 2.24. The number of hydrogen-bond donors (Lipinski definition) is 1. The second-order valence-corrected chi connectivity index (χ2v) is 5.42. The van der Waals surface area contributed by atoms with E-state index in [2.05, 4.69) is 5.32 Å². The largest absolute Gasteiger partial charge is 0.322 e. The molecule has 3 amide bonds. The first kappa shape index (κ1) is 15.2. The fraction of sp³-hybridized carbons (Fsp3) is 0.0625. The van der Waals surface area contributed by atoms with Crippen molar-refractivity contribution >= 4 is 35.0 Å². The van der Waals surface area contributed by atoms with Gasteiger partial charge in [0.25, 0.3) is 17.7 Å². The van der Waals surface area contributed by atoms with Crippen LogP contribution in [0.2, 0.25) is 5.02 Å². The molecule has 116 valence electrons. The molecule has 1 aliphatic rings. The summed E-state index contributed by atoms with van der Waals surface area (Å²) in [4.78, 5) is 37.0. The maximum atomic E-state index is 13.1. The Kier molecular flexibility index (Phi) is 3.61. The Morgan fingerprint density at radius 1 is 1.09 bits per heavy atom. The number of rotatable bonds is 2. The highest BCUT2D eigenvalue weighted by molar-refractivity contribution is 6.31. The van der Waals surface area contributed by atoms with Gasteiger partial charge in [0.05, 0.1) is 16.1 Å². The van der Waals surface area contributed by atoms with Crippen molar-refractivity contribution in [2.75, 3.05) is 12.4 Å². The second kappa shape index (κ2) is 5.48. The molecule has 0 saturated carbocycles. The molecule has 0 atom stereocenters. The number of fused-ring (bicyclic) bond motifs is 1. The van der Waals surface area contributed by atoms with Gasteiger partial charge in [-0.2, -0.15) is 0 Å². The lowest BCUT2D eigenvalue weighted by atomic mass is 10.1. The van der Waals surface area contributed by atoms with Crippen molar-refractivity contribution in [2.24, 2.45) is 0 Å². The predicted octanol–water partition coefficient (Wildman–Crippen LogP) is 2.96. The van der Waals surface area contributed by atoms with E-state index in [9.17, 15) is 18.8 Å². The molecule has 0 aromatic heterocycles. The quantitative estimate of drug-likeness (QED) is 0.860. The number of carbonyl (C=O) groups is 3. The van der Waals surface area contributed by atoms with E-state index < -0.39 is 23.5 Å². The van der Waals surface area contributed by atoms with E-state index in [4.69, 9.17) is 11.6 Å². The summed E-state index contributed by atoms with van der Waals surface area (Å²) >= 11 is 5.66. The van der Waals surface area contributed by atoms with Gasteiger partial charge in [-0.3, -0.25) is 19.3 Å². The molecule has 2 aromatic carbocycles. The van der Waals surface area contributed by atoms with E-state index in [0.717, 1.165) is 11.0 Å². The summed E-state index contributed by atoms with van der Waals surface area (Å²) in [5.74, 6) is -1.94. The molecule has 0 saturated heterocycles. The van der Waals surface area contributed by atoms with E-state index in [1.54, 1.807) is 0 Å². The first-order valence-corrected chi connectivity index (χ1v) is 6.99. The third-order valence-electron chi connectivity index (χ3n) is 3.53. The number of carbonyl (C=O) groups excluding carboxylic acids is 3. The molecule has 2 aromatic rings. The topological polar surface area (TPSA) is 66.5 Å². The van der Waals surface area contributed by atoms with Crippen molar-refractivity contribution in [2.45, 2.75) is 0 Å². The van der Waals surface area contributed by atoms with Crippen LogP contribution < -0.4 is 5.32 Å². The van der Waals surface area contributed by atoms with Crippen molar-refractivity contribution in [3.63, 3.8) is 0 Å². The lowest BCUT2D eigenvalue weighted by molar-refractivity contribution is 0.0693. The van der Waals surface area contributed by atoms with Gasteiger partial charge in [-0.05, 0) is 36.4 Å². The molecular formula is C16H10ClFN2O3. The predicted molar refractivity (Wildman–Crippen MR) is 82.2 cm³/mol. The molecule has 1 aliphatic heterocycles. The molecule has 7 heteroatoms. The van der Waals surface area contributed by atoms with Crippen LogP contribution in [-0.2, 0) is 0 Å². The first-order valence-electron chi connectivity index (χ1n) is 6.61. The summed E-state index contributed by atoms with van der Waals surface area (Å²) in [5.41, 5.74) is 0.975. The van der Waals surface area contributed by atoms with Gasteiger partial charge in [-0.25, -0.2) is 4.39 Å². The zero-order valence-corrected chi connectivity index (χ0v) is 12.6. The van der Waals surface area contributed by atoms with Gasteiger partial charge in [0.1, 0.15) is 5.82 Å². The fourth-order valence-corrected chi connectivity index (χ4v) is 2.46. The molecule has 3 rings (SSSR count). The molecule has 1 heterocycles. The number of imide groups is 1. The molecule has 5 nitrogen and oxygen atoms in total. The SMILES string of the molecule is CN1C(=O)c2ccc(C(=O)Nc3ccc(F)c(Cl)c3)cc2C1=O. The van der Waals surface area contributed by atoms with E-state index >= 15 is 0 Å². The van der Waals surface area contributed by atoms with E-state index in [1.165, 1.54) is 37.4 Å². The third kappa shape index (κ3) is 2.57. The minimum atomic E-state index is -0.589. The zero-order chi connectivity index (χ0) is 16.7. The zero-order valence-electron chi connectivity index (χ0n) is 11.9. The average molecular weight is 333 g/mol. The summed E-state index contributed by atoms with van der Waals surface area (Å²) < 4.78 is 13.1. The number of hydrogen-bond acceptors (Lipinski definition) is 3. The summed E-state index contributed by atoms with van der Waals surface area (Å²) in [7, 11) is 1.38. The van der Waals surface area contributed by atoms with Gasteiger partial charge in [0, 0.05) is 18.3 Å². The average Bonchev–Trinajstić information content (AvgIpc) is 2.75. The fourth-order valence-electron chi connectivity index (χ4n) is 2.28. The first-order chi connectivity index (χ1) is 10.9. The Morgan fingerprint density at radius 2 is 1.78 bits per heavy atom. The van der Waals surface area contributed by atoms with Crippen LogP contribution in [0.5, 0.6) is 0 Å². The smallest absolute Gasteiger partial charge is 0.261 e. The highest BCUT2D eigenvalue weighted by atomic mass is 35.5. The summed E-state index contributed by atoms with van der Waals surface area (Å²) in [5, 5.41) is 2.44. The van der Waals surface area contributed by atoms with Gasteiger partial charge in [-0.15, -0.1) is 0 Å². The summed E-state index contributed by atoms with van der Waals surface area (Å²) in [6, 6.07) is 8.03. The molecule has 0 aliphatic carbocycles. The van der Waals surface area contributed by atoms with Crippen molar-refractivity contribution in [3.8, 4) is 0 Å². The van der Waals surface area contributed by atoms with Crippen LogP contribution in [-0.4, -0.2) is 29.7 Å². The molecule has 23 heavy (non-hydrogen) atoms. The van der Waals surface area contributed by atoms with E-state index in [1.807, 2.05) is 0 Å². The minimum absolute atomic E-state index is 0.112. The van der Waals surface area contributed by atoms with Gasteiger partial charge >= 0.3 is 0 Å². The Balaban J connectivity index is 1.88. The van der Waals surface area contributed by atoms with E-state index in [-0.39, 0.29) is 21.7 Å². The van der Waals surface area contributed by atoms with Gasteiger partial charge in [-0.1, -0.05) is 11.6 Å². The van der Waals surface area contributed by atoms with Crippen molar-refractivity contribution in [1.29, 1.82) is 0 Å². The number of nitrogens with one attached hydrogen (secondary N) is 1. The van der Waals surface area contributed by atoms with E-state index in [0.29, 0.717) is 5.69 Å². The lowest BCUT2D eigenvalue weighted by Gasteiger charge is -2.07. The number of amides is 3. The van der Waals surface area contributed by atoms with Crippen molar-refractivity contribution in [1.82, 2.24) is 4.90 Å². The van der Waals surface area contributed by atoms with Crippen LogP contribution in [0, 0.1) is 5.82 Å². The monoisotopic (exact) mass is 332 g/mol. The number of nitrogens with zero attached hydrogens (tertiary/aromatic N) is 1. The summed E-state index contributed by atoms with van der Waals surface area (Å²) in [6.07, 6.45) is 0. The Labute approximate surface area is 135 Å². The van der Waals surface area contributed by atoms with Crippen LogP contribution in [0.15, 0.2) is 36.4 Å². The normalized spacial score (nSPS) is 13.3. The van der Waals surface area contributed by atoms with Crippen LogP contribution in [0.1, 0.15) is 31.1 Å². The number of halogens is 2. The highest BCUT2D eigenvalue weighted by Gasteiger charge is 2.33. The maximum Gasteiger partial charge on any atom is 0.261 e. The Hall–Kier alpha value is -2.73. The third-order valence-corrected chi connectivity index (χ3v) is 3.82. The van der Waals surface area contributed by atoms with Crippen molar-refractivity contribution in [3.05, 3.63) is 63.9 Å². The molecule has 0 spiro atoms. The molecule has 0 unspecified atom stereocenters. The van der Waals surface area contributed by atoms with Gasteiger partial charge in [0.15, 0.2) is 0 Å². The number of benzene rings is 2. The Bertz CT molecular complexity index is 866. The Morgan fingerprint density at radius 3 is 2.48 bits per heavy atom. The molecule has 0 radical (unpaired) electrons. The second-order valence-electron chi connectivity index (χ2n) is 5.01. The molecule has 0 bridgehead atoms. The lowest BCUT2D eigenvalue weighted by Crippen LogP contribution is -2.24. The van der Waals surface area contributed by atoms with Crippen LogP contribution in [0.4, 0.5) is 10.1 Å². The molecular weight excluding hydrogens is 323 g/mol. The van der Waals surface area contributed by atoms with Crippen molar-refractivity contribution < 1.29 is 18.8 Å². The molecule has 1 N–H and O–H groups in total. The number of anilines is 1. The van der Waals surface area contributed by atoms with Crippen LogP contribution >= 0.6 is 11.6 Å². The van der Waals surface area contributed by atoms with Gasteiger partial charge < -0.3 is 5.32 Å². The maximum absolute atomic E-state index is 13.1. The standard InChI is InChI=1S/C16H10ClFN2O3/c1-20-15(22)10-4-2-8(6-11(10)16(20)23)14(21)19-9-3-5-13(18)12(17)7-9/h2-7H,1H3,(H,19,21). The van der Waals surface area contributed by atoms with Crippen LogP contribution in [0.25, 0.3) is 0 Å². The van der Waals surface area contributed by atoms with Gasteiger partial charge in [0.2, 0.25) is 0 Å². The molecule has 0 fully saturated rings.